The highest BCUT2D eigenvalue weighted by atomic mass is 16.5. The number of nitrogens with zero attached hydrogens (tertiary/aromatic N) is 3. The van der Waals surface area contributed by atoms with Crippen molar-refractivity contribution in [1.82, 2.24) is 14.8 Å². The Morgan fingerprint density at radius 2 is 1.69 bits per heavy atom. The number of hydrogen-bond donors (Lipinski definition) is 1. The van der Waals surface area contributed by atoms with E-state index in [0.29, 0.717) is 48.7 Å². The third-order valence-electron chi connectivity index (χ3n) is 7.40. The monoisotopic (exact) mass is 480 g/mol. The molecule has 3 heterocycles. The maximum Gasteiger partial charge on any atom is 0.339 e. The van der Waals surface area contributed by atoms with Crippen LogP contribution in [0.4, 0.5) is 5.69 Å². The number of aryl methyl sites for hydroxylation is 3. The zero-order chi connectivity index (χ0) is 25.3. The van der Waals surface area contributed by atoms with Gasteiger partial charge in [-0.1, -0.05) is 12.1 Å². The molecule has 8 nitrogen and oxygen atoms in total. The van der Waals surface area contributed by atoms with Crippen molar-refractivity contribution in [3.8, 4) is 0 Å². The molecule has 8 heteroatoms. The molecule has 0 aliphatic carbocycles. The van der Waals surface area contributed by atoms with Crippen LogP contribution in [0.2, 0.25) is 0 Å². The van der Waals surface area contributed by atoms with Gasteiger partial charge >= 0.3 is 5.97 Å². The predicted octanol–water partition coefficient (Wildman–Crippen LogP) is 3.24. The lowest BCUT2D eigenvalue weighted by atomic mass is 9.95. The Labute approximate surface area is 207 Å². The van der Waals surface area contributed by atoms with Crippen LogP contribution in [-0.2, 0) is 9.53 Å². The first-order valence-electron chi connectivity index (χ1n) is 12.4. The Balaban J connectivity index is 1.40. The molecule has 2 aliphatic rings. The minimum atomic E-state index is -0.456. The van der Waals surface area contributed by atoms with Crippen LogP contribution in [0.5, 0.6) is 0 Å². The normalized spacial score (nSPS) is 18.5. The van der Waals surface area contributed by atoms with E-state index in [9.17, 15) is 14.4 Å². The van der Waals surface area contributed by atoms with E-state index in [1.807, 2.05) is 4.90 Å². The number of piperidine rings is 1. The highest BCUT2D eigenvalue weighted by molar-refractivity contribution is 6.00. The van der Waals surface area contributed by atoms with E-state index in [0.717, 1.165) is 25.9 Å². The van der Waals surface area contributed by atoms with Crippen LogP contribution in [0.15, 0.2) is 18.2 Å². The number of carbonyl (C=O) groups excluding carboxylic acids is 3. The molecule has 0 unspecified atom stereocenters. The number of aromatic amines is 1. The number of esters is 1. The summed E-state index contributed by atoms with van der Waals surface area (Å²) < 4.78 is 4.86. The maximum atomic E-state index is 13.4. The SMILES string of the molecule is COC(=O)c1c(C)[nH]c(C(=O)N2CCC[C@H](C(=O)N3CCN(c4cc(C)ccc4C)CC3)C2)c1C. The molecule has 2 aromatic rings. The zero-order valence-corrected chi connectivity index (χ0v) is 21.4. The van der Waals surface area contributed by atoms with Gasteiger partial charge in [0.05, 0.1) is 18.6 Å². The third kappa shape index (κ3) is 4.92. The molecule has 1 aromatic carbocycles. The topological polar surface area (TPSA) is 85.9 Å². The number of amides is 2. The number of benzene rings is 1. The van der Waals surface area contributed by atoms with Gasteiger partial charge in [0.15, 0.2) is 0 Å². The number of likely N-dealkylation sites (tertiary alicyclic amines) is 1. The van der Waals surface area contributed by atoms with Crippen molar-refractivity contribution >= 4 is 23.5 Å². The number of ether oxygens (including phenoxy) is 1. The van der Waals surface area contributed by atoms with Gasteiger partial charge in [-0.3, -0.25) is 9.59 Å². The summed E-state index contributed by atoms with van der Waals surface area (Å²) in [5.74, 6) is -0.686. The number of aromatic nitrogens is 1. The molecule has 2 amide bonds. The van der Waals surface area contributed by atoms with Crippen molar-refractivity contribution in [3.05, 3.63) is 51.8 Å². The molecule has 0 spiro atoms. The predicted molar refractivity (Wildman–Crippen MR) is 135 cm³/mol. The molecular formula is C27H36N4O4. The summed E-state index contributed by atoms with van der Waals surface area (Å²) in [5, 5.41) is 0. The Bertz CT molecular complexity index is 1130. The average Bonchev–Trinajstić information content (AvgIpc) is 3.17. The molecule has 2 fully saturated rings. The molecule has 2 aliphatic heterocycles. The number of methoxy groups -OCH3 is 1. The Hall–Kier alpha value is -3.29. The third-order valence-corrected chi connectivity index (χ3v) is 7.40. The number of rotatable bonds is 4. The number of H-pyrrole nitrogens is 1. The summed E-state index contributed by atoms with van der Waals surface area (Å²) in [6.45, 7) is 11.7. The number of nitrogens with one attached hydrogen (secondary N) is 1. The first kappa shape index (κ1) is 24.8. The molecular weight excluding hydrogens is 444 g/mol. The van der Waals surface area contributed by atoms with Gasteiger partial charge in [-0.2, -0.15) is 0 Å². The fourth-order valence-electron chi connectivity index (χ4n) is 5.38. The molecule has 35 heavy (non-hydrogen) atoms. The van der Waals surface area contributed by atoms with Gasteiger partial charge in [-0.05, 0) is 63.3 Å². The lowest BCUT2D eigenvalue weighted by Gasteiger charge is -2.40. The largest absolute Gasteiger partial charge is 0.465 e. The van der Waals surface area contributed by atoms with Gasteiger partial charge in [0, 0.05) is 50.6 Å². The highest BCUT2D eigenvalue weighted by Crippen LogP contribution is 2.26. The number of piperazine rings is 1. The molecule has 0 radical (unpaired) electrons. The standard InChI is InChI=1S/C27H36N4O4/c1-17-8-9-18(2)22(15-17)29-11-13-30(14-12-29)25(32)21-7-6-10-31(16-21)26(33)24-19(3)23(20(4)28-24)27(34)35-5/h8-9,15,21,28H,6-7,10-14,16H2,1-5H3/t21-/m0/s1. The summed E-state index contributed by atoms with van der Waals surface area (Å²) >= 11 is 0. The Morgan fingerprint density at radius 3 is 2.37 bits per heavy atom. The lowest BCUT2D eigenvalue weighted by Crippen LogP contribution is -2.53. The van der Waals surface area contributed by atoms with Gasteiger partial charge in [0.2, 0.25) is 5.91 Å². The number of anilines is 1. The second-order valence-corrected chi connectivity index (χ2v) is 9.81. The average molecular weight is 481 g/mol. The van der Waals surface area contributed by atoms with Gasteiger partial charge < -0.3 is 24.4 Å². The van der Waals surface area contributed by atoms with Crippen LogP contribution in [0, 0.1) is 33.6 Å². The van der Waals surface area contributed by atoms with Crippen LogP contribution in [-0.4, -0.2) is 78.9 Å². The van der Waals surface area contributed by atoms with Crippen LogP contribution in [0.3, 0.4) is 0 Å². The van der Waals surface area contributed by atoms with Crippen molar-refractivity contribution in [3.63, 3.8) is 0 Å². The van der Waals surface area contributed by atoms with Crippen molar-refractivity contribution < 1.29 is 19.1 Å². The van der Waals surface area contributed by atoms with Gasteiger partial charge in [0.1, 0.15) is 5.69 Å². The molecule has 1 aromatic heterocycles. The fraction of sp³-hybridized carbons (Fsp3) is 0.519. The van der Waals surface area contributed by atoms with Crippen molar-refractivity contribution in [2.45, 2.75) is 40.5 Å². The van der Waals surface area contributed by atoms with E-state index >= 15 is 0 Å². The van der Waals surface area contributed by atoms with E-state index in [-0.39, 0.29) is 17.7 Å². The second kappa shape index (κ2) is 10.1. The number of carbonyl (C=O) groups is 3. The second-order valence-electron chi connectivity index (χ2n) is 9.81. The van der Waals surface area contributed by atoms with E-state index in [4.69, 9.17) is 4.74 Å². The maximum absolute atomic E-state index is 13.4. The molecule has 4 rings (SSSR count). The van der Waals surface area contributed by atoms with Crippen molar-refractivity contribution in [2.24, 2.45) is 5.92 Å². The molecule has 1 N–H and O–H groups in total. The van der Waals surface area contributed by atoms with Crippen molar-refractivity contribution in [2.75, 3.05) is 51.3 Å². The molecule has 188 valence electrons. The molecule has 2 saturated heterocycles. The van der Waals surface area contributed by atoms with Crippen LogP contribution in [0.25, 0.3) is 0 Å². The van der Waals surface area contributed by atoms with E-state index in [1.54, 1.807) is 18.7 Å². The Kier molecular flexibility index (Phi) is 7.19. The summed E-state index contributed by atoms with van der Waals surface area (Å²) in [5.41, 5.74) is 5.75. The summed E-state index contributed by atoms with van der Waals surface area (Å²) in [6, 6.07) is 6.49. The lowest BCUT2D eigenvalue weighted by molar-refractivity contribution is -0.137. The Morgan fingerprint density at radius 1 is 0.971 bits per heavy atom. The molecule has 0 bridgehead atoms. The minimum absolute atomic E-state index is 0.137. The molecule has 0 saturated carbocycles. The summed E-state index contributed by atoms with van der Waals surface area (Å²) in [7, 11) is 1.33. The van der Waals surface area contributed by atoms with Gasteiger partial charge in [-0.15, -0.1) is 0 Å². The quantitative estimate of drug-likeness (QED) is 0.679. The minimum Gasteiger partial charge on any atom is -0.465 e. The van der Waals surface area contributed by atoms with Crippen LogP contribution in [0.1, 0.15) is 56.1 Å². The van der Waals surface area contributed by atoms with Crippen LogP contribution >= 0.6 is 0 Å². The van der Waals surface area contributed by atoms with Gasteiger partial charge in [-0.25, -0.2) is 4.79 Å². The zero-order valence-electron chi connectivity index (χ0n) is 21.4. The highest BCUT2D eigenvalue weighted by Gasteiger charge is 2.34. The smallest absolute Gasteiger partial charge is 0.339 e. The van der Waals surface area contributed by atoms with Crippen molar-refractivity contribution in [1.29, 1.82) is 0 Å². The first-order valence-corrected chi connectivity index (χ1v) is 12.4. The number of hydrogen-bond acceptors (Lipinski definition) is 5. The summed E-state index contributed by atoms with van der Waals surface area (Å²) in [4.78, 5) is 47.9. The first-order chi connectivity index (χ1) is 16.7. The fourth-order valence-corrected chi connectivity index (χ4v) is 5.38. The van der Waals surface area contributed by atoms with E-state index in [1.165, 1.54) is 23.9 Å². The van der Waals surface area contributed by atoms with Crippen LogP contribution < -0.4 is 4.90 Å². The van der Waals surface area contributed by atoms with E-state index < -0.39 is 5.97 Å². The molecule has 1 atom stereocenters. The summed E-state index contributed by atoms with van der Waals surface area (Å²) in [6.07, 6.45) is 1.57. The van der Waals surface area contributed by atoms with E-state index in [2.05, 4.69) is 41.9 Å². The van der Waals surface area contributed by atoms with Gasteiger partial charge in [0.25, 0.3) is 5.91 Å².